The molecule has 0 fully saturated rings. The van der Waals surface area contributed by atoms with Crippen LogP contribution in [0.4, 0.5) is 0 Å². The van der Waals surface area contributed by atoms with Gasteiger partial charge in [0.1, 0.15) is 22.8 Å². The molecule has 0 amide bonds. The van der Waals surface area contributed by atoms with Gasteiger partial charge in [-0.2, -0.15) is 0 Å². The van der Waals surface area contributed by atoms with Crippen LogP contribution in [0, 0.1) is 0 Å². The fourth-order valence-electron chi connectivity index (χ4n) is 1.55. The van der Waals surface area contributed by atoms with Gasteiger partial charge in [-0.05, 0) is 18.2 Å². The summed E-state index contributed by atoms with van der Waals surface area (Å²) in [6, 6.07) is 7.72. The highest BCUT2D eigenvalue weighted by Gasteiger charge is 2.13. The zero-order valence-corrected chi connectivity index (χ0v) is 11.0. The lowest BCUT2D eigenvalue weighted by Crippen LogP contribution is -2.01. The van der Waals surface area contributed by atoms with E-state index < -0.39 is 5.97 Å². The predicted molar refractivity (Wildman–Crippen MR) is 70.8 cm³/mol. The third-order valence-electron chi connectivity index (χ3n) is 2.58. The normalized spacial score (nSPS) is 9.90. The first-order chi connectivity index (χ1) is 9.63. The van der Waals surface area contributed by atoms with Crippen LogP contribution in [0.2, 0.25) is 0 Å². The SMILES string of the molecule is COc1ccc(Oc2cc(OC)ccc2C(=O)O)nc1. The van der Waals surface area contributed by atoms with Crippen molar-refractivity contribution in [3.63, 3.8) is 0 Å². The van der Waals surface area contributed by atoms with Crippen LogP contribution in [0.3, 0.4) is 0 Å². The molecule has 6 heteroatoms. The van der Waals surface area contributed by atoms with E-state index in [1.165, 1.54) is 32.5 Å². The van der Waals surface area contributed by atoms with Gasteiger partial charge >= 0.3 is 5.97 Å². The summed E-state index contributed by atoms with van der Waals surface area (Å²) in [6.45, 7) is 0. The van der Waals surface area contributed by atoms with Gasteiger partial charge in [0, 0.05) is 12.1 Å². The predicted octanol–water partition coefficient (Wildman–Crippen LogP) is 2.59. The Hall–Kier alpha value is -2.76. The van der Waals surface area contributed by atoms with Crippen molar-refractivity contribution in [2.24, 2.45) is 0 Å². The Balaban J connectivity index is 2.32. The number of carboxylic acid groups (broad SMARTS) is 1. The third-order valence-corrected chi connectivity index (χ3v) is 2.58. The van der Waals surface area contributed by atoms with E-state index >= 15 is 0 Å². The molecule has 2 rings (SSSR count). The molecule has 2 aromatic rings. The molecule has 0 radical (unpaired) electrons. The van der Waals surface area contributed by atoms with E-state index in [9.17, 15) is 4.79 Å². The minimum atomic E-state index is -1.09. The standard InChI is InChI=1S/C14H13NO5/c1-18-9-3-5-11(14(16)17)12(7-9)20-13-6-4-10(19-2)8-15-13/h3-8H,1-2H3,(H,16,17). The minimum absolute atomic E-state index is 0.0309. The summed E-state index contributed by atoms with van der Waals surface area (Å²) >= 11 is 0. The maximum absolute atomic E-state index is 11.2. The van der Waals surface area contributed by atoms with E-state index in [1.54, 1.807) is 18.2 Å². The number of methoxy groups -OCH3 is 2. The number of carbonyl (C=O) groups is 1. The maximum Gasteiger partial charge on any atom is 0.339 e. The number of benzene rings is 1. The molecule has 1 N–H and O–H groups in total. The number of ether oxygens (including phenoxy) is 3. The van der Waals surface area contributed by atoms with E-state index in [2.05, 4.69) is 4.98 Å². The quantitative estimate of drug-likeness (QED) is 0.903. The minimum Gasteiger partial charge on any atom is -0.497 e. The number of rotatable bonds is 5. The molecule has 0 aliphatic heterocycles. The van der Waals surface area contributed by atoms with Gasteiger partial charge < -0.3 is 19.3 Å². The van der Waals surface area contributed by atoms with Crippen molar-refractivity contribution in [3.05, 3.63) is 42.1 Å². The van der Waals surface area contributed by atoms with Crippen molar-refractivity contribution in [2.45, 2.75) is 0 Å². The van der Waals surface area contributed by atoms with Gasteiger partial charge in [0.25, 0.3) is 0 Å². The first kappa shape index (κ1) is 13.7. The van der Waals surface area contributed by atoms with Crippen LogP contribution in [0.1, 0.15) is 10.4 Å². The van der Waals surface area contributed by atoms with E-state index in [-0.39, 0.29) is 17.2 Å². The Kier molecular flexibility index (Phi) is 4.05. The molecule has 1 aromatic carbocycles. The van der Waals surface area contributed by atoms with Gasteiger partial charge in [-0.1, -0.05) is 0 Å². The fraction of sp³-hybridized carbons (Fsp3) is 0.143. The molecule has 6 nitrogen and oxygen atoms in total. The summed E-state index contributed by atoms with van der Waals surface area (Å²) in [6.07, 6.45) is 1.48. The highest BCUT2D eigenvalue weighted by atomic mass is 16.5. The fourth-order valence-corrected chi connectivity index (χ4v) is 1.55. The van der Waals surface area contributed by atoms with Crippen LogP contribution in [-0.2, 0) is 0 Å². The highest BCUT2D eigenvalue weighted by molar-refractivity contribution is 5.91. The molecule has 0 atom stereocenters. The third kappa shape index (κ3) is 2.97. The molecule has 0 aliphatic rings. The summed E-state index contributed by atoms with van der Waals surface area (Å²) in [5.41, 5.74) is 0.0309. The molecular weight excluding hydrogens is 262 g/mol. The van der Waals surface area contributed by atoms with E-state index in [4.69, 9.17) is 19.3 Å². The van der Waals surface area contributed by atoms with Gasteiger partial charge in [-0.3, -0.25) is 0 Å². The van der Waals surface area contributed by atoms with Gasteiger partial charge in [0.05, 0.1) is 20.4 Å². The monoisotopic (exact) mass is 275 g/mol. The van der Waals surface area contributed by atoms with Crippen molar-refractivity contribution in [1.82, 2.24) is 4.98 Å². The van der Waals surface area contributed by atoms with E-state index in [0.717, 1.165) is 0 Å². The van der Waals surface area contributed by atoms with Crippen molar-refractivity contribution in [3.8, 4) is 23.1 Å². The first-order valence-corrected chi connectivity index (χ1v) is 5.73. The second-order valence-corrected chi connectivity index (χ2v) is 3.81. The first-order valence-electron chi connectivity index (χ1n) is 5.73. The molecular formula is C14H13NO5. The molecule has 0 unspecified atom stereocenters. The van der Waals surface area contributed by atoms with Crippen LogP contribution < -0.4 is 14.2 Å². The zero-order valence-electron chi connectivity index (χ0n) is 11.0. The molecule has 0 saturated carbocycles. The number of hydrogen-bond donors (Lipinski definition) is 1. The highest BCUT2D eigenvalue weighted by Crippen LogP contribution is 2.29. The molecule has 20 heavy (non-hydrogen) atoms. The number of carboxylic acids is 1. The summed E-state index contributed by atoms with van der Waals surface area (Å²) < 4.78 is 15.5. The molecule has 0 bridgehead atoms. The summed E-state index contributed by atoms with van der Waals surface area (Å²) in [4.78, 5) is 15.2. The Morgan fingerprint density at radius 3 is 2.35 bits per heavy atom. The van der Waals surface area contributed by atoms with Gasteiger partial charge in [-0.25, -0.2) is 9.78 Å². The van der Waals surface area contributed by atoms with Crippen LogP contribution >= 0.6 is 0 Å². The Bertz CT molecular complexity index is 609. The second-order valence-electron chi connectivity index (χ2n) is 3.81. The lowest BCUT2D eigenvalue weighted by atomic mass is 10.2. The maximum atomic E-state index is 11.2. The van der Waals surface area contributed by atoms with Crippen molar-refractivity contribution in [2.75, 3.05) is 14.2 Å². The van der Waals surface area contributed by atoms with Crippen LogP contribution in [-0.4, -0.2) is 30.3 Å². The molecule has 0 spiro atoms. The topological polar surface area (TPSA) is 77.9 Å². The van der Waals surface area contributed by atoms with Crippen molar-refractivity contribution >= 4 is 5.97 Å². The van der Waals surface area contributed by atoms with Gasteiger partial charge in [0.15, 0.2) is 0 Å². The van der Waals surface area contributed by atoms with Gasteiger partial charge in [-0.15, -0.1) is 0 Å². The lowest BCUT2D eigenvalue weighted by Gasteiger charge is -2.10. The lowest BCUT2D eigenvalue weighted by molar-refractivity contribution is 0.0694. The molecule has 0 saturated heterocycles. The zero-order chi connectivity index (χ0) is 14.5. The van der Waals surface area contributed by atoms with Crippen molar-refractivity contribution in [1.29, 1.82) is 0 Å². The number of nitrogens with zero attached hydrogens (tertiary/aromatic N) is 1. The summed E-state index contributed by atoms with van der Waals surface area (Å²) in [5, 5.41) is 9.13. The van der Waals surface area contributed by atoms with Crippen LogP contribution in [0.15, 0.2) is 36.5 Å². The van der Waals surface area contributed by atoms with E-state index in [1.807, 2.05) is 0 Å². The smallest absolute Gasteiger partial charge is 0.339 e. The number of pyridine rings is 1. The van der Waals surface area contributed by atoms with Crippen LogP contribution in [0.25, 0.3) is 0 Å². The molecule has 0 aliphatic carbocycles. The second kappa shape index (κ2) is 5.92. The molecule has 1 aromatic heterocycles. The summed E-state index contributed by atoms with van der Waals surface area (Å²) in [7, 11) is 3.02. The average Bonchev–Trinajstić information content (AvgIpc) is 2.47. The molecule has 104 valence electrons. The number of aromatic carboxylic acids is 1. The number of hydrogen-bond acceptors (Lipinski definition) is 5. The Morgan fingerprint density at radius 2 is 1.80 bits per heavy atom. The Morgan fingerprint density at radius 1 is 1.10 bits per heavy atom. The van der Waals surface area contributed by atoms with Gasteiger partial charge in [0.2, 0.25) is 5.88 Å². The van der Waals surface area contributed by atoms with E-state index in [0.29, 0.717) is 11.5 Å². The number of aromatic nitrogens is 1. The molecule has 1 heterocycles. The van der Waals surface area contributed by atoms with Crippen LogP contribution in [0.5, 0.6) is 23.1 Å². The summed E-state index contributed by atoms with van der Waals surface area (Å²) in [5.74, 6) is 0.423. The average molecular weight is 275 g/mol. The van der Waals surface area contributed by atoms with Crippen molar-refractivity contribution < 1.29 is 24.1 Å². The Labute approximate surface area is 115 Å². The largest absolute Gasteiger partial charge is 0.497 e.